The Bertz CT molecular complexity index is 1320. The number of hydrogen-bond acceptors (Lipinski definition) is 10. The Hall–Kier alpha value is -2.76. The SMILES string of the molecule is COc1ccc(NC(=O)c2nnc(CSc3nc(N)c4c5c(sc4n3)C[C@@H](C)CC5)s2)cc1. The molecule has 3 heterocycles. The topological polar surface area (TPSA) is 116 Å². The van der Waals surface area contributed by atoms with Crippen molar-refractivity contribution in [1.29, 1.82) is 0 Å². The second kappa shape index (κ2) is 9.24. The van der Waals surface area contributed by atoms with E-state index in [1.165, 1.54) is 40.0 Å². The summed E-state index contributed by atoms with van der Waals surface area (Å²) < 4.78 is 5.13. The second-order valence-electron chi connectivity index (χ2n) is 7.90. The molecular weight excluding hydrogens is 476 g/mol. The third kappa shape index (κ3) is 4.66. The maximum atomic E-state index is 12.5. The van der Waals surface area contributed by atoms with E-state index >= 15 is 0 Å². The molecule has 0 bridgehead atoms. The number of rotatable bonds is 6. The number of methoxy groups -OCH3 is 1. The van der Waals surface area contributed by atoms with Crippen molar-refractivity contribution in [3.8, 4) is 5.75 Å². The summed E-state index contributed by atoms with van der Waals surface area (Å²) in [7, 11) is 1.60. The van der Waals surface area contributed by atoms with Gasteiger partial charge in [-0.1, -0.05) is 30.0 Å². The molecule has 0 saturated heterocycles. The molecule has 8 nitrogen and oxygen atoms in total. The van der Waals surface area contributed by atoms with Crippen molar-refractivity contribution in [2.45, 2.75) is 37.1 Å². The lowest BCUT2D eigenvalue weighted by Gasteiger charge is -2.17. The van der Waals surface area contributed by atoms with Crippen LogP contribution in [0.1, 0.15) is 38.6 Å². The van der Waals surface area contributed by atoms with E-state index in [9.17, 15) is 4.79 Å². The fourth-order valence-electron chi connectivity index (χ4n) is 3.80. The van der Waals surface area contributed by atoms with E-state index in [1.807, 2.05) is 0 Å². The van der Waals surface area contributed by atoms with Crippen LogP contribution in [-0.4, -0.2) is 33.2 Å². The van der Waals surface area contributed by atoms with E-state index in [4.69, 9.17) is 15.5 Å². The third-order valence-electron chi connectivity index (χ3n) is 5.50. The number of fused-ring (bicyclic) bond motifs is 3. The maximum absolute atomic E-state index is 12.5. The van der Waals surface area contributed by atoms with Crippen LogP contribution in [-0.2, 0) is 18.6 Å². The zero-order valence-corrected chi connectivity index (χ0v) is 20.6. The van der Waals surface area contributed by atoms with E-state index < -0.39 is 0 Å². The Kier molecular flexibility index (Phi) is 6.17. The average Bonchev–Trinajstić information content (AvgIpc) is 3.42. The van der Waals surface area contributed by atoms with Gasteiger partial charge in [-0.3, -0.25) is 4.79 Å². The predicted molar refractivity (Wildman–Crippen MR) is 133 cm³/mol. The number of thioether (sulfide) groups is 1. The quantitative estimate of drug-likeness (QED) is 0.288. The van der Waals surface area contributed by atoms with Gasteiger partial charge in [0.25, 0.3) is 5.91 Å². The number of hydrogen-bond donors (Lipinski definition) is 2. The fourth-order valence-corrected chi connectivity index (χ4v) is 6.82. The third-order valence-corrected chi connectivity index (χ3v) is 8.61. The van der Waals surface area contributed by atoms with Gasteiger partial charge in [-0.05, 0) is 55.0 Å². The lowest BCUT2D eigenvalue weighted by molar-refractivity contribution is 0.102. The van der Waals surface area contributed by atoms with Gasteiger partial charge in [0.2, 0.25) is 5.01 Å². The lowest BCUT2D eigenvalue weighted by Crippen LogP contribution is -2.11. The number of nitrogen functional groups attached to an aromatic ring is 1. The number of nitrogens with zero attached hydrogens (tertiary/aromatic N) is 4. The Morgan fingerprint density at radius 2 is 2.06 bits per heavy atom. The highest BCUT2D eigenvalue weighted by Crippen LogP contribution is 2.40. The Labute approximate surface area is 203 Å². The monoisotopic (exact) mass is 498 g/mol. The first-order valence-electron chi connectivity index (χ1n) is 10.5. The van der Waals surface area contributed by atoms with Crippen LogP contribution in [0.5, 0.6) is 5.75 Å². The van der Waals surface area contributed by atoms with Crippen molar-refractivity contribution in [2.75, 3.05) is 18.2 Å². The molecule has 1 atom stereocenters. The summed E-state index contributed by atoms with van der Waals surface area (Å²) >= 11 is 4.44. The van der Waals surface area contributed by atoms with E-state index in [1.54, 1.807) is 42.7 Å². The highest BCUT2D eigenvalue weighted by Gasteiger charge is 2.23. The molecule has 0 unspecified atom stereocenters. The van der Waals surface area contributed by atoms with Gasteiger partial charge in [-0.25, -0.2) is 9.97 Å². The van der Waals surface area contributed by atoms with Crippen LogP contribution in [0.15, 0.2) is 29.4 Å². The smallest absolute Gasteiger partial charge is 0.286 e. The number of thiophene rings is 1. The van der Waals surface area contributed by atoms with Gasteiger partial charge >= 0.3 is 0 Å². The van der Waals surface area contributed by atoms with Gasteiger partial charge in [0.15, 0.2) is 5.16 Å². The van der Waals surface area contributed by atoms with Gasteiger partial charge < -0.3 is 15.8 Å². The number of amides is 1. The lowest BCUT2D eigenvalue weighted by atomic mass is 9.89. The van der Waals surface area contributed by atoms with Crippen LogP contribution >= 0.6 is 34.4 Å². The van der Waals surface area contributed by atoms with Gasteiger partial charge in [0, 0.05) is 10.6 Å². The van der Waals surface area contributed by atoms with Crippen molar-refractivity contribution < 1.29 is 9.53 Å². The van der Waals surface area contributed by atoms with Crippen molar-refractivity contribution in [2.24, 2.45) is 5.92 Å². The molecule has 170 valence electrons. The molecule has 0 fully saturated rings. The number of carbonyl (C=O) groups is 1. The zero-order valence-electron chi connectivity index (χ0n) is 18.1. The van der Waals surface area contributed by atoms with Gasteiger partial charge in [-0.2, -0.15) is 0 Å². The molecule has 0 saturated carbocycles. The fraction of sp³-hybridized carbons (Fsp3) is 0.318. The van der Waals surface area contributed by atoms with E-state index in [0.29, 0.717) is 33.3 Å². The molecule has 0 spiro atoms. The first-order valence-corrected chi connectivity index (χ1v) is 13.1. The van der Waals surface area contributed by atoms with Crippen LogP contribution in [0.25, 0.3) is 10.2 Å². The first-order chi connectivity index (χ1) is 16.0. The van der Waals surface area contributed by atoms with Gasteiger partial charge in [-0.15, -0.1) is 21.5 Å². The van der Waals surface area contributed by atoms with Gasteiger partial charge in [0.1, 0.15) is 21.4 Å². The number of nitrogens with two attached hydrogens (primary N) is 1. The number of carbonyl (C=O) groups excluding carboxylic acids is 1. The molecule has 3 N–H and O–H groups in total. The van der Waals surface area contributed by atoms with Crippen molar-refractivity contribution in [1.82, 2.24) is 20.2 Å². The minimum atomic E-state index is -0.297. The Balaban J connectivity index is 1.26. The molecule has 1 amide bonds. The highest BCUT2D eigenvalue weighted by atomic mass is 32.2. The molecule has 1 aliphatic carbocycles. The van der Waals surface area contributed by atoms with Crippen LogP contribution in [0.3, 0.4) is 0 Å². The molecule has 1 aromatic carbocycles. The molecule has 5 rings (SSSR count). The van der Waals surface area contributed by atoms with Gasteiger partial charge in [0.05, 0.1) is 18.2 Å². The van der Waals surface area contributed by atoms with E-state index in [-0.39, 0.29) is 5.91 Å². The molecular formula is C22H22N6O2S3. The van der Waals surface area contributed by atoms with E-state index in [2.05, 4.69) is 27.4 Å². The summed E-state index contributed by atoms with van der Waals surface area (Å²) in [5.41, 5.74) is 8.32. The molecule has 0 aliphatic heterocycles. The summed E-state index contributed by atoms with van der Waals surface area (Å²) in [5, 5.41) is 13.7. The summed E-state index contributed by atoms with van der Waals surface area (Å²) in [4.78, 5) is 24.1. The summed E-state index contributed by atoms with van der Waals surface area (Å²) in [6.07, 6.45) is 3.31. The molecule has 1 aliphatic rings. The number of aryl methyl sites for hydroxylation is 1. The predicted octanol–water partition coefficient (Wildman–Crippen LogP) is 4.80. The van der Waals surface area contributed by atoms with E-state index in [0.717, 1.165) is 33.8 Å². The van der Waals surface area contributed by atoms with Crippen LogP contribution in [0, 0.1) is 5.92 Å². The minimum absolute atomic E-state index is 0.297. The molecule has 0 radical (unpaired) electrons. The normalized spacial score (nSPS) is 15.4. The zero-order chi connectivity index (χ0) is 22.9. The maximum Gasteiger partial charge on any atom is 0.286 e. The summed E-state index contributed by atoms with van der Waals surface area (Å²) in [6.45, 7) is 2.29. The Morgan fingerprint density at radius 3 is 2.85 bits per heavy atom. The molecule has 11 heteroatoms. The number of aromatic nitrogens is 4. The minimum Gasteiger partial charge on any atom is -0.497 e. The molecule has 4 aromatic rings. The second-order valence-corrected chi connectivity index (χ2v) is 11.0. The molecule has 33 heavy (non-hydrogen) atoms. The largest absolute Gasteiger partial charge is 0.497 e. The molecule has 3 aromatic heterocycles. The average molecular weight is 499 g/mol. The van der Waals surface area contributed by atoms with Crippen LogP contribution < -0.4 is 15.8 Å². The van der Waals surface area contributed by atoms with Crippen molar-refractivity contribution >= 4 is 62.1 Å². The summed E-state index contributed by atoms with van der Waals surface area (Å²) in [5.74, 6) is 2.19. The van der Waals surface area contributed by atoms with Crippen LogP contribution in [0.4, 0.5) is 11.5 Å². The number of nitrogens with one attached hydrogen (secondary N) is 1. The number of ether oxygens (including phenoxy) is 1. The highest BCUT2D eigenvalue weighted by molar-refractivity contribution is 7.98. The van der Waals surface area contributed by atoms with Crippen molar-refractivity contribution in [3.05, 3.63) is 44.7 Å². The number of benzene rings is 1. The Morgan fingerprint density at radius 1 is 1.24 bits per heavy atom. The standard InChI is InChI=1S/C22H22N6O2S3/c1-11-3-8-14-15(9-11)32-20-17(14)18(23)25-22(26-20)31-10-16-27-28-21(33-16)19(29)24-12-4-6-13(30-2)7-5-12/h4-7,11H,3,8-10H2,1-2H3,(H,24,29)(H2,23,25,26)/t11-/m0/s1. The first kappa shape index (κ1) is 22.1. The van der Waals surface area contributed by atoms with Crippen LogP contribution in [0.2, 0.25) is 0 Å². The summed E-state index contributed by atoms with van der Waals surface area (Å²) in [6, 6.07) is 7.11. The van der Waals surface area contributed by atoms with Crippen molar-refractivity contribution in [3.63, 3.8) is 0 Å². The number of anilines is 2.